The molecule has 5 rings (SSSR count). The predicted molar refractivity (Wildman–Crippen MR) is 154 cm³/mol. The Kier molecular flexibility index (Phi) is 7.21. The molecule has 1 aromatic heterocycles. The Hall–Kier alpha value is -4.43. The van der Waals surface area contributed by atoms with Crippen LogP contribution in [-0.2, 0) is 11.3 Å². The molecule has 2 N–H and O–H groups in total. The Morgan fingerprint density at radius 3 is 2.30 bits per heavy atom. The summed E-state index contributed by atoms with van der Waals surface area (Å²) < 4.78 is 6.15. The summed E-state index contributed by atoms with van der Waals surface area (Å²) in [7, 11) is 0. The van der Waals surface area contributed by atoms with E-state index in [9.17, 15) is 19.8 Å². The number of carbonyl (C=O) groups is 2. The Balaban J connectivity index is 1.57. The number of para-hydroxylation sites is 1. The number of phenolic OH excluding ortho intramolecular Hbond substituents is 1. The average molecular weight is 555 g/mol. The van der Waals surface area contributed by atoms with Gasteiger partial charge < -0.3 is 19.8 Å². The minimum Gasteiger partial charge on any atom is -0.508 e. The van der Waals surface area contributed by atoms with Gasteiger partial charge in [0.1, 0.15) is 22.1 Å². The lowest BCUT2D eigenvalue weighted by Gasteiger charge is -2.29. The topological polar surface area (TPSA) is 100.0 Å². The molecule has 1 atom stereocenters. The van der Waals surface area contributed by atoms with E-state index in [4.69, 9.17) is 4.74 Å². The highest BCUT2D eigenvalue weighted by Crippen LogP contribution is 2.42. The predicted octanol–water partition coefficient (Wildman–Crippen LogP) is 6.78. The van der Waals surface area contributed by atoms with Crippen molar-refractivity contribution < 1.29 is 24.5 Å². The number of carbonyl (C=O) groups excluding carboxylic acids is 2. The number of ketones is 1. The first-order valence-electron chi connectivity index (χ1n) is 12.9. The molecule has 0 radical (unpaired) electrons. The minimum atomic E-state index is -0.884. The van der Waals surface area contributed by atoms with Gasteiger partial charge in [-0.1, -0.05) is 60.7 Å². The van der Waals surface area contributed by atoms with Crippen LogP contribution in [0, 0.1) is 6.92 Å². The van der Waals surface area contributed by atoms with Crippen LogP contribution in [0.1, 0.15) is 53.3 Å². The third-order valence-electron chi connectivity index (χ3n) is 6.51. The standard InChI is InChI=1S/C32H30N2O5S/c1-19-29(40-30(33-19)21-10-6-5-7-11-21)27(36)25-26(20-14-16-23(35)17-15-20)34(31(38)28(25)37)18-22-12-8-9-13-24(22)39-32(2,3)4/h5-17,26,35,37H,18H2,1-4H3. The molecular formula is C32H30N2O5S. The monoisotopic (exact) mass is 554 g/mol. The zero-order chi connectivity index (χ0) is 28.6. The summed E-state index contributed by atoms with van der Waals surface area (Å²) in [5, 5.41) is 21.8. The van der Waals surface area contributed by atoms with Crippen molar-refractivity contribution in [3.05, 3.63) is 112 Å². The quantitative estimate of drug-likeness (QED) is 0.244. The number of rotatable bonds is 7. The summed E-state index contributed by atoms with van der Waals surface area (Å²) in [6.45, 7) is 7.66. The number of hydrogen-bond donors (Lipinski definition) is 2. The molecule has 0 bridgehead atoms. The van der Waals surface area contributed by atoms with Gasteiger partial charge >= 0.3 is 0 Å². The number of amides is 1. The average Bonchev–Trinajstić information content (AvgIpc) is 3.42. The Bertz CT molecular complexity index is 1600. The number of ether oxygens (including phenoxy) is 1. The van der Waals surface area contributed by atoms with Crippen molar-refractivity contribution in [1.29, 1.82) is 0 Å². The lowest BCUT2D eigenvalue weighted by molar-refractivity contribution is -0.130. The number of aliphatic hydroxyl groups excluding tert-OH is 1. The highest BCUT2D eigenvalue weighted by atomic mass is 32.1. The van der Waals surface area contributed by atoms with Crippen LogP contribution < -0.4 is 4.74 Å². The maximum Gasteiger partial charge on any atom is 0.290 e. The van der Waals surface area contributed by atoms with E-state index < -0.39 is 29.1 Å². The zero-order valence-corrected chi connectivity index (χ0v) is 23.5. The molecule has 1 unspecified atom stereocenters. The number of aryl methyl sites for hydroxylation is 1. The fourth-order valence-electron chi connectivity index (χ4n) is 4.73. The molecule has 0 saturated carbocycles. The zero-order valence-electron chi connectivity index (χ0n) is 22.7. The number of aliphatic hydroxyl groups is 1. The number of aromatic hydroxyl groups is 1. The maximum atomic E-state index is 14.1. The van der Waals surface area contributed by atoms with Crippen molar-refractivity contribution in [3.63, 3.8) is 0 Å². The Labute approximate surface area is 237 Å². The minimum absolute atomic E-state index is 0.0173. The van der Waals surface area contributed by atoms with Crippen LogP contribution in [0.3, 0.4) is 0 Å². The van der Waals surface area contributed by atoms with Gasteiger partial charge in [-0.3, -0.25) is 9.59 Å². The summed E-state index contributed by atoms with van der Waals surface area (Å²) >= 11 is 1.23. The molecule has 2 heterocycles. The summed E-state index contributed by atoms with van der Waals surface area (Å²) in [6, 6.07) is 22.4. The van der Waals surface area contributed by atoms with Gasteiger partial charge in [-0.15, -0.1) is 11.3 Å². The second-order valence-corrected chi connectivity index (χ2v) is 11.6. The summed E-state index contributed by atoms with van der Waals surface area (Å²) in [5.41, 5.74) is 2.23. The van der Waals surface area contributed by atoms with Crippen LogP contribution in [0.2, 0.25) is 0 Å². The number of aromatic nitrogens is 1. The lowest BCUT2D eigenvalue weighted by atomic mass is 9.94. The van der Waals surface area contributed by atoms with E-state index in [-0.39, 0.29) is 17.9 Å². The number of Topliss-reactive ketones (excluding diaryl/α,β-unsaturated/α-hetero) is 1. The molecule has 1 aliphatic heterocycles. The number of benzene rings is 3. The summed E-state index contributed by atoms with van der Waals surface area (Å²) in [5.74, 6) is -1.04. The van der Waals surface area contributed by atoms with Crippen LogP contribution in [0.5, 0.6) is 11.5 Å². The maximum absolute atomic E-state index is 14.1. The van der Waals surface area contributed by atoms with Gasteiger partial charge in [0, 0.05) is 11.1 Å². The van der Waals surface area contributed by atoms with Gasteiger partial charge in [0.15, 0.2) is 5.76 Å². The van der Waals surface area contributed by atoms with E-state index in [1.165, 1.54) is 28.4 Å². The van der Waals surface area contributed by atoms with Crippen LogP contribution >= 0.6 is 11.3 Å². The third-order valence-corrected chi connectivity index (χ3v) is 7.72. The summed E-state index contributed by atoms with van der Waals surface area (Å²) in [4.78, 5) is 34.1. The second-order valence-electron chi connectivity index (χ2n) is 10.6. The SMILES string of the molecule is Cc1nc(-c2ccccc2)sc1C(=O)C1=C(O)C(=O)N(Cc2ccccc2OC(C)(C)C)C1c1ccc(O)cc1. The first-order chi connectivity index (χ1) is 19.0. The number of thiazole rings is 1. The fourth-order valence-corrected chi connectivity index (χ4v) is 5.76. The molecule has 4 aromatic rings. The van der Waals surface area contributed by atoms with E-state index >= 15 is 0 Å². The van der Waals surface area contributed by atoms with Crippen LogP contribution in [0.15, 0.2) is 90.2 Å². The van der Waals surface area contributed by atoms with Crippen molar-refractivity contribution >= 4 is 23.0 Å². The molecule has 0 spiro atoms. The molecule has 0 aliphatic carbocycles. The first-order valence-corrected chi connectivity index (χ1v) is 13.7. The molecule has 7 nitrogen and oxygen atoms in total. The van der Waals surface area contributed by atoms with Crippen molar-refractivity contribution in [1.82, 2.24) is 9.88 Å². The first kappa shape index (κ1) is 27.1. The normalized spacial score (nSPS) is 15.6. The van der Waals surface area contributed by atoms with Gasteiger partial charge in [0.05, 0.1) is 28.7 Å². The highest BCUT2D eigenvalue weighted by Gasteiger charge is 2.45. The van der Waals surface area contributed by atoms with Gasteiger partial charge in [-0.2, -0.15) is 0 Å². The van der Waals surface area contributed by atoms with Crippen LogP contribution in [-0.4, -0.2) is 37.4 Å². The smallest absolute Gasteiger partial charge is 0.290 e. The van der Waals surface area contributed by atoms with Gasteiger partial charge in [0.25, 0.3) is 5.91 Å². The molecule has 0 saturated heterocycles. The van der Waals surface area contributed by atoms with Gasteiger partial charge in [-0.25, -0.2) is 4.98 Å². The molecule has 8 heteroatoms. The number of phenols is 1. The second kappa shape index (κ2) is 10.6. The molecule has 1 amide bonds. The van der Waals surface area contributed by atoms with Gasteiger partial charge in [0.2, 0.25) is 5.78 Å². The molecule has 204 valence electrons. The summed E-state index contributed by atoms with van der Waals surface area (Å²) in [6.07, 6.45) is 0. The molecule has 1 aliphatic rings. The van der Waals surface area contributed by atoms with Crippen molar-refractivity contribution in [2.45, 2.75) is 45.9 Å². The number of hydrogen-bond acceptors (Lipinski definition) is 7. The highest BCUT2D eigenvalue weighted by molar-refractivity contribution is 7.17. The van der Waals surface area contributed by atoms with Crippen molar-refractivity contribution in [2.75, 3.05) is 0 Å². The van der Waals surface area contributed by atoms with Crippen molar-refractivity contribution in [2.24, 2.45) is 0 Å². The molecule has 3 aromatic carbocycles. The van der Waals surface area contributed by atoms with Gasteiger partial charge in [-0.05, 0) is 51.5 Å². The largest absolute Gasteiger partial charge is 0.508 e. The lowest BCUT2D eigenvalue weighted by Crippen LogP contribution is -2.31. The molecular weight excluding hydrogens is 524 g/mol. The Morgan fingerprint density at radius 1 is 0.975 bits per heavy atom. The third kappa shape index (κ3) is 5.35. The Morgan fingerprint density at radius 2 is 1.62 bits per heavy atom. The fraction of sp³-hybridized carbons (Fsp3) is 0.219. The molecule has 40 heavy (non-hydrogen) atoms. The molecule has 0 fully saturated rings. The van der Waals surface area contributed by atoms with E-state index in [2.05, 4.69) is 4.98 Å². The van der Waals surface area contributed by atoms with E-state index in [0.29, 0.717) is 26.9 Å². The van der Waals surface area contributed by atoms with E-state index in [0.717, 1.165) is 11.1 Å². The van der Waals surface area contributed by atoms with E-state index in [1.54, 1.807) is 19.1 Å². The van der Waals surface area contributed by atoms with Crippen LogP contribution in [0.4, 0.5) is 0 Å². The van der Waals surface area contributed by atoms with Crippen LogP contribution in [0.25, 0.3) is 10.6 Å². The number of nitrogens with zero attached hydrogens (tertiary/aromatic N) is 2. The van der Waals surface area contributed by atoms with E-state index in [1.807, 2.05) is 75.4 Å². The van der Waals surface area contributed by atoms with Crippen molar-refractivity contribution in [3.8, 4) is 22.1 Å².